The third-order valence-corrected chi connectivity index (χ3v) is 12.0. The number of rotatable bonds is 34. The lowest BCUT2D eigenvalue weighted by molar-refractivity contribution is 0.158. The number of hydrogen-bond acceptors (Lipinski definition) is 3. The molecule has 0 aromatic rings. The van der Waals surface area contributed by atoms with E-state index in [4.69, 9.17) is 9.05 Å². The van der Waals surface area contributed by atoms with Gasteiger partial charge in [-0.1, -0.05) is 162 Å². The standard InChI is InChI=1S/C36H78NO3P2/c1-7-10-12-14-16-18-20-22-24-26-28-30-33-37(32-9-3)42(38,40-35-36-41(4,5)6)39-34-31-29-27-25-23-21-19-17-15-13-11-8-2/h7-36H2,1-6H3/q+1. The van der Waals surface area contributed by atoms with Crippen molar-refractivity contribution in [3.8, 4) is 0 Å². The Morgan fingerprint density at radius 3 is 1.19 bits per heavy atom. The van der Waals surface area contributed by atoms with Crippen molar-refractivity contribution in [1.82, 2.24) is 4.67 Å². The van der Waals surface area contributed by atoms with Gasteiger partial charge < -0.3 is 0 Å². The third-order valence-electron chi connectivity index (χ3n) is 8.37. The molecule has 0 saturated carbocycles. The number of unbranched alkanes of at least 4 members (excludes halogenated alkanes) is 22. The molecule has 0 radical (unpaired) electrons. The molecule has 0 bridgehead atoms. The lowest BCUT2D eigenvalue weighted by Gasteiger charge is -2.30. The molecule has 1 unspecified atom stereocenters. The van der Waals surface area contributed by atoms with Crippen LogP contribution < -0.4 is 0 Å². The third kappa shape index (κ3) is 28.0. The Bertz CT molecular complexity index is 597. The van der Waals surface area contributed by atoms with Gasteiger partial charge in [0.1, 0.15) is 0 Å². The predicted octanol–water partition coefficient (Wildman–Crippen LogP) is 13.1. The van der Waals surface area contributed by atoms with Crippen LogP contribution in [0.2, 0.25) is 0 Å². The van der Waals surface area contributed by atoms with Gasteiger partial charge in [0.15, 0.2) is 0 Å². The zero-order chi connectivity index (χ0) is 31.2. The van der Waals surface area contributed by atoms with Crippen LogP contribution in [0.15, 0.2) is 0 Å². The molecule has 254 valence electrons. The van der Waals surface area contributed by atoms with Gasteiger partial charge in [0.05, 0.1) is 19.4 Å². The van der Waals surface area contributed by atoms with E-state index in [2.05, 4.69) is 45.4 Å². The van der Waals surface area contributed by atoms with Crippen molar-refractivity contribution in [1.29, 1.82) is 0 Å². The van der Waals surface area contributed by atoms with Crippen molar-refractivity contribution in [2.75, 3.05) is 52.5 Å². The summed E-state index contributed by atoms with van der Waals surface area (Å²) in [5.41, 5.74) is 0. The first-order valence-electron chi connectivity index (χ1n) is 18.7. The van der Waals surface area contributed by atoms with Crippen LogP contribution in [0, 0.1) is 0 Å². The van der Waals surface area contributed by atoms with Gasteiger partial charge in [-0.2, -0.15) is 0 Å². The molecular weight excluding hydrogens is 556 g/mol. The molecule has 42 heavy (non-hydrogen) atoms. The molecule has 0 amide bonds. The molecule has 0 aromatic carbocycles. The minimum Gasteiger partial charge on any atom is -0.297 e. The van der Waals surface area contributed by atoms with Gasteiger partial charge in [0.2, 0.25) is 0 Å². The summed E-state index contributed by atoms with van der Waals surface area (Å²) in [6.07, 6.45) is 33.9. The van der Waals surface area contributed by atoms with Gasteiger partial charge in [0.25, 0.3) is 0 Å². The fourth-order valence-electron chi connectivity index (χ4n) is 5.50. The summed E-state index contributed by atoms with van der Waals surface area (Å²) in [7, 11) is -4.22. The molecule has 0 rings (SSSR count). The monoisotopic (exact) mass is 635 g/mol. The molecule has 0 N–H and O–H groups in total. The van der Waals surface area contributed by atoms with Crippen LogP contribution in [0.1, 0.15) is 181 Å². The van der Waals surface area contributed by atoms with E-state index in [0.717, 1.165) is 44.9 Å². The second-order valence-electron chi connectivity index (χ2n) is 13.9. The van der Waals surface area contributed by atoms with Gasteiger partial charge in [-0.3, -0.25) is 9.05 Å². The molecule has 4 nitrogen and oxygen atoms in total. The zero-order valence-corrected chi connectivity index (χ0v) is 31.6. The minimum atomic E-state index is -3.25. The van der Waals surface area contributed by atoms with Crippen LogP contribution in [0.25, 0.3) is 0 Å². The molecule has 0 aromatic heterocycles. The van der Waals surface area contributed by atoms with E-state index in [0.29, 0.717) is 13.2 Å². The Morgan fingerprint density at radius 2 is 0.810 bits per heavy atom. The summed E-state index contributed by atoms with van der Waals surface area (Å²) < 4.78 is 28.5. The van der Waals surface area contributed by atoms with Crippen molar-refractivity contribution in [3.05, 3.63) is 0 Å². The van der Waals surface area contributed by atoms with Gasteiger partial charge in [-0.05, 0) is 19.3 Å². The largest absolute Gasteiger partial charge is 0.408 e. The van der Waals surface area contributed by atoms with E-state index in [1.807, 2.05) is 0 Å². The van der Waals surface area contributed by atoms with Crippen LogP contribution >= 0.6 is 15.0 Å². The Morgan fingerprint density at radius 1 is 0.452 bits per heavy atom. The van der Waals surface area contributed by atoms with Gasteiger partial charge in [-0.15, -0.1) is 0 Å². The van der Waals surface area contributed by atoms with Gasteiger partial charge in [-0.25, -0.2) is 9.24 Å². The van der Waals surface area contributed by atoms with Crippen molar-refractivity contribution in [2.45, 2.75) is 181 Å². The van der Waals surface area contributed by atoms with E-state index in [1.54, 1.807) is 0 Å². The smallest absolute Gasteiger partial charge is 0.297 e. The average Bonchev–Trinajstić information content (AvgIpc) is 2.94. The summed E-state index contributed by atoms with van der Waals surface area (Å²) in [5, 5.41) is 0. The minimum absolute atomic E-state index is 0.547. The summed E-state index contributed by atoms with van der Waals surface area (Å²) in [6, 6.07) is 0. The molecule has 0 heterocycles. The molecule has 0 aliphatic carbocycles. The maximum Gasteiger partial charge on any atom is 0.408 e. The van der Waals surface area contributed by atoms with Crippen molar-refractivity contribution in [3.63, 3.8) is 0 Å². The fourth-order valence-corrected chi connectivity index (χ4v) is 8.20. The second-order valence-corrected chi connectivity index (χ2v) is 20.9. The van der Waals surface area contributed by atoms with E-state index in [9.17, 15) is 4.57 Å². The predicted molar refractivity (Wildman–Crippen MR) is 193 cm³/mol. The molecule has 0 aliphatic heterocycles. The Labute approximate surface area is 266 Å². The second kappa shape index (κ2) is 30.2. The maximum atomic E-state index is 14.1. The first-order valence-corrected chi connectivity index (χ1v) is 23.5. The topological polar surface area (TPSA) is 38.8 Å². The van der Waals surface area contributed by atoms with Gasteiger partial charge >= 0.3 is 7.75 Å². The van der Waals surface area contributed by atoms with Gasteiger partial charge in [0, 0.05) is 40.3 Å². The van der Waals surface area contributed by atoms with Crippen molar-refractivity contribution < 1.29 is 13.6 Å². The van der Waals surface area contributed by atoms with Crippen molar-refractivity contribution in [2.24, 2.45) is 0 Å². The fraction of sp³-hybridized carbons (Fsp3) is 1.00. The molecule has 1 atom stereocenters. The van der Waals surface area contributed by atoms with Crippen LogP contribution in [0.3, 0.4) is 0 Å². The number of hydrogen-bond donors (Lipinski definition) is 0. The summed E-state index contributed by atoms with van der Waals surface area (Å²) >= 11 is 0. The summed E-state index contributed by atoms with van der Waals surface area (Å²) in [5.74, 6) is 0. The highest BCUT2D eigenvalue weighted by atomic mass is 31.2. The molecule has 0 spiro atoms. The van der Waals surface area contributed by atoms with Crippen LogP contribution in [-0.2, 0) is 13.6 Å². The lowest BCUT2D eigenvalue weighted by atomic mass is 10.1. The Kier molecular flexibility index (Phi) is 30.6. The normalized spacial score (nSPS) is 13.7. The first kappa shape index (κ1) is 42.5. The van der Waals surface area contributed by atoms with Crippen molar-refractivity contribution >= 4 is 15.0 Å². The van der Waals surface area contributed by atoms with E-state index in [-0.39, 0.29) is 0 Å². The lowest BCUT2D eigenvalue weighted by Crippen LogP contribution is -2.26. The van der Waals surface area contributed by atoms with Crippen LogP contribution in [0.4, 0.5) is 0 Å². The van der Waals surface area contributed by atoms with Crippen LogP contribution in [0.5, 0.6) is 0 Å². The van der Waals surface area contributed by atoms with Crippen LogP contribution in [-0.4, -0.2) is 57.1 Å². The molecule has 6 heteroatoms. The molecule has 0 aliphatic rings. The zero-order valence-electron chi connectivity index (χ0n) is 29.8. The van der Waals surface area contributed by atoms with E-state index < -0.39 is 15.0 Å². The maximum absolute atomic E-state index is 14.1. The highest BCUT2D eigenvalue weighted by molar-refractivity contribution is 7.73. The SMILES string of the molecule is CCCCCCCCCCCCCCOP(=O)(OCC[P+](C)(C)C)N(CCC)CCCCCCCCCCCCCC. The average molecular weight is 635 g/mol. The quantitative estimate of drug-likeness (QED) is 0.0521. The Balaban J connectivity index is 4.38. The summed E-state index contributed by atoms with van der Waals surface area (Å²) in [4.78, 5) is 0. The molecule has 0 fully saturated rings. The van der Waals surface area contributed by atoms with E-state index >= 15 is 0 Å². The molecular formula is C36H78NO3P2+. The summed E-state index contributed by atoms with van der Waals surface area (Å²) in [6.45, 7) is 16.4. The van der Waals surface area contributed by atoms with E-state index in [1.165, 1.54) is 135 Å². The highest BCUT2D eigenvalue weighted by Crippen LogP contribution is 2.54. The highest BCUT2D eigenvalue weighted by Gasteiger charge is 2.34. The molecule has 0 saturated heterocycles. The Hall–Kier alpha value is 0.540. The first-order chi connectivity index (χ1) is 20.3. The number of nitrogens with zero attached hydrogens (tertiary/aromatic N) is 1.